The van der Waals surface area contributed by atoms with Crippen molar-refractivity contribution < 1.29 is 9.90 Å². The molecule has 140 valence electrons. The predicted molar refractivity (Wildman–Crippen MR) is 107 cm³/mol. The first kappa shape index (κ1) is 17.9. The third kappa shape index (κ3) is 3.93. The molecule has 0 radical (unpaired) electrons. The molecule has 28 heavy (non-hydrogen) atoms. The molecule has 1 aliphatic heterocycles. The van der Waals surface area contributed by atoms with Crippen LogP contribution in [0.1, 0.15) is 22.5 Å². The quantitative estimate of drug-likeness (QED) is 0.719. The number of hydrogen-bond acceptors (Lipinski definition) is 4. The molecule has 0 saturated carbocycles. The summed E-state index contributed by atoms with van der Waals surface area (Å²) in [5, 5.41) is 10.4. The molecule has 3 aromatic rings. The van der Waals surface area contributed by atoms with E-state index in [0.29, 0.717) is 24.4 Å². The Bertz CT molecular complexity index is 1000. The van der Waals surface area contributed by atoms with Gasteiger partial charge in [0.1, 0.15) is 6.33 Å². The second-order valence-corrected chi connectivity index (χ2v) is 6.85. The summed E-state index contributed by atoms with van der Waals surface area (Å²) in [5.74, 6) is -0.577. The number of carbonyl (C=O) groups excluding carboxylic acids is 1. The molecule has 0 saturated heterocycles. The normalized spacial score (nSPS) is 14.0. The van der Waals surface area contributed by atoms with E-state index >= 15 is 0 Å². The first-order valence-corrected chi connectivity index (χ1v) is 9.31. The molecule has 2 heterocycles. The second-order valence-electron chi connectivity index (χ2n) is 6.85. The topological polar surface area (TPSA) is 66.3 Å². The highest BCUT2D eigenvalue weighted by atomic mass is 16.3. The molecule has 5 heteroatoms. The summed E-state index contributed by atoms with van der Waals surface area (Å²) in [4.78, 5) is 22.7. The smallest absolute Gasteiger partial charge is 0.289 e. The van der Waals surface area contributed by atoms with Crippen LogP contribution in [0.25, 0.3) is 5.57 Å². The number of aryl methyl sites for hydroxylation is 2. The molecule has 0 unspecified atom stereocenters. The van der Waals surface area contributed by atoms with Gasteiger partial charge in [-0.1, -0.05) is 60.7 Å². The lowest BCUT2D eigenvalue weighted by Crippen LogP contribution is -2.26. The molecule has 2 aromatic carbocycles. The Morgan fingerprint density at radius 3 is 2.29 bits per heavy atom. The fraction of sp³-hybridized carbons (Fsp3) is 0.174. The molecule has 0 atom stereocenters. The van der Waals surface area contributed by atoms with Crippen LogP contribution >= 0.6 is 0 Å². The number of amides is 1. The molecule has 0 aliphatic carbocycles. The van der Waals surface area contributed by atoms with E-state index in [1.807, 2.05) is 54.6 Å². The van der Waals surface area contributed by atoms with Gasteiger partial charge in [-0.25, -0.2) is 9.97 Å². The Labute approximate surface area is 164 Å². The van der Waals surface area contributed by atoms with Crippen molar-refractivity contribution in [1.29, 1.82) is 0 Å². The van der Waals surface area contributed by atoms with E-state index in [9.17, 15) is 9.90 Å². The Morgan fingerprint density at radius 1 is 0.893 bits per heavy atom. The lowest BCUT2D eigenvalue weighted by atomic mass is 10.1. The van der Waals surface area contributed by atoms with Gasteiger partial charge in [0.15, 0.2) is 5.76 Å². The molecule has 1 N–H and O–H groups in total. The standard InChI is InChI=1S/C23H21N3O2/c27-22-20(15-26(23(22)28)14-18-9-5-2-6-10-18)21-13-19(24-16-25-21)12-11-17-7-3-1-4-8-17/h1-10,13,16,27H,11-12,14-15H2. The Morgan fingerprint density at radius 2 is 1.57 bits per heavy atom. The summed E-state index contributed by atoms with van der Waals surface area (Å²) in [7, 11) is 0. The van der Waals surface area contributed by atoms with Gasteiger partial charge in [-0.2, -0.15) is 0 Å². The summed E-state index contributed by atoms with van der Waals surface area (Å²) in [5.41, 5.74) is 4.33. The van der Waals surface area contributed by atoms with Crippen LogP contribution in [-0.4, -0.2) is 32.4 Å². The third-order valence-electron chi connectivity index (χ3n) is 4.89. The average Bonchev–Trinajstić information content (AvgIpc) is 3.02. The zero-order valence-electron chi connectivity index (χ0n) is 15.5. The minimum atomic E-state index is -0.358. The van der Waals surface area contributed by atoms with Crippen LogP contribution in [0.15, 0.2) is 78.8 Å². The van der Waals surface area contributed by atoms with Gasteiger partial charge in [0, 0.05) is 17.8 Å². The van der Waals surface area contributed by atoms with Crippen LogP contribution in [0.2, 0.25) is 0 Å². The van der Waals surface area contributed by atoms with Crippen LogP contribution in [0.5, 0.6) is 0 Å². The van der Waals surface area contributed by atoms with Crippen LogP contribution in [0, 0.1) is 0 Å². The SMILES string of the molecule is O=C1C(O)=C(c2cc(CCc3ccccc3)ncn2)CN1Cc1ccccc1. The van der Waals surface area contributed by atoms with Gasteiger partial charge >= 0.3 is 0 Å². The Kier molecular flexibility index (Phi) is 5.15. The molecule has 1 aromatic heterocycles. The number of hydrogen-bond donors (Lipinski definition) is 1. The number of benzene rings is 2. The maximum atomic E-state index is 12.5. The second kappa shape index (κ2) is 8.05. The first-order valence-electron chi connectivity index (χ1n) is 9.31. The molecule has 0 fully saturated rings. The number of carbonyl (C=O) groups is 1. The van der Waals surface area contributed by atoms with Gasteiger partial charge in [0.05, 0.1) is 12.2 Å². The van der Waals surface area contributed by atoms with Gasteiger partial charge in [-0.05, 0) is 30.0 Å². The largest absolute Gasteiger partial charge is 0.503 e. The highest BCUT2D eigenvalue weighted by Crippen LogP contribution is 2.26. The fourth-order valence-electron chi connectivity index (χ4n) is 3.37. The molecule has 1 amide bonds. The first-order chi connectivity index (χ1) is 13.7. The number of aliphatic hydroxyl groups is 1. The minimum Gasteiger partial charge on any atom is -0.503 e. The summed E-state index contributed by atoms with van der Waals surface area (Å²) < 4.78 is 0. The monoisotopic (exact) mass is 371 g/mol. The fourth-order valence-corrected chi connectivity index (χ4v) is 3.37. The average molecular weight is 371 g/mol. The predicted octanol–water partition coefficient (Wildman–Crippen LogP) is 3.57. The van der Waals surface area contributed by atoms with E-state index in [1.54, 1.807) is 4.90 Å². The molecule has 5 nitrogen and oxygen atoms in total. The molecule has 0 spiro atoms. The van der Waals surface area contributed by atoms with E-state index in [0.717, 1.165) is 24.1 Å². The maximum Gasteiger partial charge on any atom is 0.289 e. The Hall–Kier alpha value is -3.47. The minimum absolute atomic E-state index is 0.219. The Balaban J connectivity index is 1.48. The molecule has 4 rings (SSSR count). The van der Waals surface area contributed by atoms with Gasteiger partial charge in [0.2, 0.25) is 0 Å². The van der Waals surface area contributed by atoms with Crippen LogP contribution in [0.4, 0.5) is 0 Å². The van der Waals surface area contributed by atoms with E-state index < -0.39 is 0 Å². The van der Waals surface area contributed by atoms with Crippen LogP contribution in [-0.2, 0) is 24.2 Å². The van der Waals surface area contributed by atoms with Gasteiger partial charge in [-0.3, -0.25) is 4.79 Å². The lowest BCUT2D eigenvalue weighted by Gasteiger charge is -2.16. The van der Waals surface area contributed by atoms with E-state index in [1.165, 1.54) is 11.9 Å². The van der Waals surface area contributed by atoms with E-state index in [4.69, 9.17) is 0 Å². The number of nitrogens with zero attached hydrogens (tertiary/aromatic N) is 3. The van der Waals surface area contributed by atoms with Crippen LogP contribution in [0.3, 0.4) is 0 Å². The van der Waals surface area contributed by atoms with Crippen molar-refractivity contribution in [3.05, 3.63) is 101 Å². The number of aliphatic hydroxyl groups excluding tert-OH is 1. The van der Waals surface area contributed by atoms with Crippen molar-refractivity contribution in [3.63, 3.8) is 0 Å². The highest BCUT2D eigenvalue weighted by molar-refractivity contribution is 6.03. The van der Waals surface area contributed by atoms with E-state index in [2.05, 4.69) is 22.1 Å². The maximum absolute atomic E-state index is 12.5. The zero-order chi connectivity index (χ0) is 19.3. The summed E-state index contributed by atoms with van der Waals surface area (Å²) in [6.07, 6.45) is 3.15. The highest BCUT2D eigenvalue weighted by Gasteiger charge is 2.31. The van der Waals surface area contributed by atoms with Gasteiger partial charge < -0.3 is 10.0 Å². The summed E-state index contributed by atoms with van der Waals surface area (Å²) >= 11 is 0. The lowest BCUT2D eigenvalue weighted by molar-refractivity contribution is -0.128. The van der Waals surface area contributed by atoms with Crippen molar-refractivity contribution >= 4 is 11.5 Å². The number of aromatic nitrogens is 2. The number of rotatable bonds is 6. The summed E-state index contributed by atoms with van der Waals surface area (Å²) in [6.45, 7) is 0.799. The van der Waals surface area contributed by atoms with Crippen molar-refractivity contribution in [1.82, 2.24) is 14.9 Å². The van der Waals surface area contributed by atoms with Gasteiger partial charge in [0.25, 0.3) is 5.91 Å². The van der Waals surface area contributed by atoms with Crippen molar-refractivity contribution in [2.75, 3.05) is 6.54 Å². The van der Waals surface area contributed by atoms with Crippen LogP contribution < -0.4 is 0 Å². The van der Waals surface area contributed by atoms with E-state index in [-0.39, 0.29) is 11.7 Å². The molecular weight excluding hydrogens is 350 g/mol. The molecule has 1 aliphatic rings. The van der Waals surface area contributed by atoms with Crippen molar-refractivity contribution in [2.24, 2.45) is 0 Å². The van der Waals surface area contributed by atoms with Crippen molar-refractivity contribution in [2.45, 2.75) is 19.4 Å². The molecular formula is C23H21N3O2. The van der Waals surface area contributed by atoms with Crippen molar-refractivity contribution in [3.8, 4) is 0 Å². The molecule has 0 bridgehead atoms. The third-order valence-corrected chi connectivity index (χ3v) is 4.89. The summed E-state index contributed by atoms with van der Waals surface area (Å²) in [6, 6.07) is 21.8. The van der Waals surface area contributed by atoms with Gasteiger partial charge in [-0.15, -0.1) is 0 Å². The zero-order valence-corrected chi connectivity index (χ0v) is 15.5.